The molecule has 0 unspecified atom stereocenters. The van der Waals surface area contributed by atoms with Crippen LogP contribution in [0.4, 0.5) is 0 Å². The summed E-state index contributed by atoms with van der Waals surface area (Å²) in [7, 11) is 4.47. The Kier molecular flexibility index (Phi) is 6.64. The minimum absolute atomic E-state index is 0.0651. The summed E-state index contributed by atoms with van der Waals surface area (Å²) in [6, 6.07) is 7.12. The molecule has 0 radical (unpaired) electrons. The fourth-order valence-corrected chi connectivity index (χ4v) is 2.88. The highest BCUT2D eigenvalue weighted by atomic mass is 32.1. The average Bonchev–Trinajstić information content (AvgIpc) is 3.13. The number of ether oxygens (including phenoxy) is 3. The molecule has 0 saturated carbocycles. The van der Waals surface area contributed by atoms with Gasteiger partial charge in [-0.25, -0.2) is 0 Å². The number of amides is 1. The first kappa shape index (κ1) is 18.6. The molecule has 7 nitrogen and oxygen atoms in total. The molecule has 3 N–H and O–H groups in total. The molecule has 0 atom stereocenters. The Balaban J connectivity index is 2.06. The van der Waals surface area contributed by atoms with E-state index in [4.69, 9.17) is 19.9 Å². The number of nitrogens with zero attached hydrogens (tertiary/aromatic N) is 1. The average molecular weight is 363 g/mol. The second kappa shape index (κ2) is 8.93. The van der Waals surface area contributed by atoms with Gasteiger partial charge in [-0.05, 0) is 23.6 Å². The van der Waals surface area contributed by atoms with Crippen LogP contribution in [0.25, 0.3) is 0 Å². The highest BCUT2D eigenvalue weighted by Crippen LogP contribution is 2.38. The molecule has 0 aliphatic carbocycles. The van der Waals surface area contributed by atoms with E-state index in [1.807, 2.05) is 17.5 Å². The van der Waals surface area contributed by atoms with Crippen LogP contribution in [-0.2, 0) is 6.42 Å². The van der Waals surface area contributed by atoms with Crippen molar-refractivity contribution in [1.29, 1.82) is 0 Å². The minimum atomic E-state index is -0.406. The first-order valence-electron chi connectivity index (χ1n) is 7.52. The lowest BCUT2D eigenvalue weighted by molar-refractivity contribution is 0.0975. The van der Waals surface area contributed by atoms with Crippen LogP contribution >= 0.6 is 11.3 Å². The van der Waals surface area contributed by atoms with E-state index < -0.39 is 5.91 Å². The number of benzene rings is 1. The van der Waals surface area contributed by atoms with E-state index in [0.29, 0.717) is 29.4 Å². The first-order chi connectivity index (χ1) is 12.1. The summed E-state index contributed by atoms with van der Waals surface area (Å²) in [6.45, 7) is 0.502. The molecule has 0 fully saturated rings. The maximum absolute atomic E-state index is 12.4. The van der Waals surface area contributed by atoms with Crippen molar-refractivity contribution in [3.8, 4) is 17.2 Å². The van der Waals surface area contributed by atoms with Crippen LogP contribution in [0.1, 0.15) is 15.2 Å². The Morgan fingerprint density at radius 3 is 2.40 bits per heavy atom. The summed E-state index contributed by atoms with van der Waals surface area (Å²) in [5.41, 5.74) is 6.11. The van der Waals surface area contributed by atoms with Gasteiger partial charge in [-0.3, -0.25) is 15.1 Å². The van der Waals surface area contributed by atoms with Crippen molar-refractivity contribution >= 4 is 23.2 Å². The van der Waals surface area contributed by atoms with E-state index >= 15 is 0 Å². The van der Waals surface area contributed by atoms with Crippen LogP contribution in [0.2, 0.25) is 0 Å². The molecule has 0 spiro atoms. The molecule has 0 aliphatic rings. The SMILES string of the molecule is COc1cc(C(=O)NC(N)=NCCc2cccs2)cc(OC)c1OC. The van der Waals surface area contributed by atoms with Crippen molar-refractivity contribution in [2.45, 2.75) is 6.42 Å². The quantitative estimate of drug-likeness (QED) is 0.580. The van der Waals surface area contributed by atoms with Crippen molar-refractivity contribution < 1.29 is 19.0 Å². The fraction of sp³-hybridized carbons (Fsp3) is 0.294. The van der Waals surface area contributed by atoms with Gasteiger partial charge in [0.1, 0.15) is 0 Å². The van der Waals surface area contributed by atoms with Gasteiger partial charge < -0.3 is 19.9 Å². The lowest BCUT2D eigenvalue weighted by Gasteiger charge is -2.14. The highest BCUT2D eigenvalue weighted by Gasteiger charge is 2.17. The Morgan fingerprint density at radius 2 is 1.88 bits per heavy atom. The number of nitrogens with two attached hydrogens (primary N) is 1. The molecule has 134 valence electrons. The predicted octanol–water partition coefficient (Wildman–Crippen LogP) is 2.06. The van der Waals surface area contributed by atoms with Gasteiger partial charge in [0.15, 0.2) is 17.5 Å². The van der Waals surface area contributed by atoms with Gasteiger partial charge in [-0.1, -0.05) is 6.07 Å². The zero-order chi connectivity index (χ0) is 18.2. The van der Waals surface area contributed by atoms with Gasteiger partial charge in [0.2, 0.25) is 5.75 Å². The summed E-state index contributed by atoms with van der Waals surface area (Å²) in [6.07, 6.45) is 0.776. The van der Waals surface area contributed by atoms with Crippen LogP contribution in [0.15, 0.2) is 34.6 Å². The normalized spacial score (nSPS) is 11.1. The zero-order valence-electron chi connectivity index (χ0n) is 14.4. The number of carbonyl (C=O) groups is 1. The molecule has 0 aliphatic heterocycles. The standard InChI is InChI=1S/C17H21N3O4S/c1-22-13-9-11(10-14(23-2)15(13)24-3)16(21)20-17(18)19-7-6-12-5-4-8-25-12/h4-5,8-10H,6-7H2,1-3H3,(H3,18,19,20,21). The van der Waals surface area contributed by atoms with E-state index in [9.17, 15) is 4.79 Å². The number of methoxy groups -OCH3 is 3. The Morgan fingerprint density at radius 1 is 1.20 bits per heavy atom. The summed E-state index contributed by atoms with van der Waals surface area (Å²) >= 11 is 1.66. The minimum Gasteiger partial charge on any atom is -0.493 e. The monoisotopic (exact) mass is 363 g/mol. The lowest BCUT2D eigenvalue weighted by Crippen LogP contribution is -2.37. The smallest absolute Gasteiger partial charge is 0.258 e. The summed E-state index contributed by atoms with van der Waals surface area (Å²) in [4.78, 5) is 17.7. The first-order valence-corrected chi connectivity index (χ1v) is 8.40. The number of thiophene rings is 1. The number of nitrogens with one attached hydrogen (secondary N) is 1. The lowest BCUT2D eigenvalue weighted by atomic mass is 10.1. The zero-order valence-corrected chi connectivity index (χ0v) is 15.2. The van der Waals surface area contributed by atoms with Gasteiger partial charge in [0.25, 0.3) is 5.91 Å². The van der Waals surface area contributed by atoms with E-state index in [-0.39, 0.29) is 5.96 Å². The van der Waals surface area contributed by atoms with Crippen molar-refractivity contribution in [3.05, 3.63) is 40.1 Å². The van der Waals surface area contributed by atoms with E-state index in [0.717, 1.165) is 6.42 Å². The topological polar surface area (TPSA) is 95.2 Å². The predicted molar refractivity (Wildman–Crippen MR) is 98.1 cm³/mol. The summed E-state index contributed by atoms with van der Waals surface area (Å²) in [5, 5.41) is 4.57. The number of aliphatic imine (C=N–C) groups is 1. The van der Waals surface area contributed by atoms with Gasteiger partial charge >= 0.3 is 0 Å². The molecular formula is C17H21N3O4S. The molecule has 2 rings (SSSR count). The third kappa shape index (κ3) is 4.87. The van der Waals surface area contributed by atoms with Gasteiger partial charge in [-0.2, -0.15) is 0 Å². The van der Waals surface area contributed by atoms with Gasteiger partial charge in [0.05, 0.1) is 21.3 Å². The van der Waals surface area contributed by atoms with E-state index in [1.54, 1.807) is 23.5 Å². The third-order valence-electron chi connectivity index (χ3n) is 3.39. The molecule has 2 aromatic rings. The highest BCUT2D eigenvalue weighted by molar-refractivity contribution is 7.09. The second-order valence-corrected chi connectivity index (χ2v) is 6.00. The van der Waals surface area contributed by atoms with Crippen LogP contribution in [0, 0.1) is 0 Å². The molecule has 0 saturated heterocycles. The Hall–Kier alpha value is -2.74. The second-order valence-electron chi connectivity index (χ2n) is 4.96. The number of hydrogen-bond donors (Lipinski definition) is 2. The fourth-order valence-electron chi connectivity index (χ4n) is 2.18. The van der Waals surface area contributed by atoms with Crippen molar-refractivity contribution in [2.75, 3.05) is 27.9 Å². The molecule has 1 aromatic carbocycles. The summed E-state index contributed by atoms with van der Waals surface area (Å²) < 4.78 is 15.7. The molecule has 0 bridgehead atoms. The molecule has 25 heavy (non-hydrogen) atoms. The largest absolute Gasteiger partial charge is 0.493 e. The molecular weight excluding hydrogens is 342 g/mol. The van der Waals surface area contributed by atoms with Crippen LogP contribution in [0.3, 0.4) is 0 Å². The summed E-state index contributed by atoms with van der Waals surface area (Å²) in [5.74, 6) is 0.853. The number of guanidine groups is 1. The van der Waals surface area contributed by atoms with E-state index in [1.165, 1.54) is 26.2 Å². The molecule has 8 heteroatoms. The van der Waals surface area contributed by atoms with Gasteiger partial charge in [-0.15, -0.1) is 11.3 Å². The maximum atomic E-state index is 12.4. The Bertz CT molecular complexity index is 719. The van der Waals surface area contributed by atoms with Crippen LogP contribution < -0.4 is 25.3 Å². The number of carbonyl (C=O) groups excluding carboxylic acids is 1. The van der Waals surface area contributed by atoms with Crippen molar-refractivity contribution in [2.24, 2.45) is 10.7 Å². The number of rotatable bonds is 7. The number of hydrogen-bond acceptors (Lipinski definition) is 6. The van der Waals surface area contributed by atoms with Crippen LogP contribution in [-0.4, -0.2) is 39.7 Å². The maximum Gasteiger partial charge on any atom is 0.258 e. The molecule has 1 aromatic heterocycles. The molecule has 1 heterocycles. The van der Waals surface area contributed by atoms with Crippen molar-refractivity contribution in [3.63, 3.8) is 0 Å². The Labute approximate surface area is 150 Å². The van der Waals surface area contributed by atoms with Crippen molar-refractivity contribution in [1.82, 2.24) is 5.32 Å². The van der Waals surface area contributed by atoms with Gasteiger partial charge in [0, 0.05) is 23.4 Å². The molecule has 1 amide bonds. The van der Waals surface area contributed by atoms with Crippen LogP contribution in [0.5, 0.6) is 17.2 Å². The third-order valence-corrected chi connectivity index (χ3v) is 4.33. The van der Waals surface area contributed by atoms with E-state index in [2.05, 4.69) is 10.3 Å².